The minimum atomic E-state index is -1.00. The molecule has 28 heavy (non-hydrogen) atoms. The number of hydrogen-bond donors (Lipinski definition) is 1. The molecule has 146 valence electrons. The summed E-state index contributed by atoms with van der Waals surface area (Å²) in [5, 5.41) is 2.72. The van der Waals surface area contributed by atoms with Gasteiger partial charge in [0.05, 0.1) is 17.4 Å². The molecule has 0 fully saturated rings. The van der Waals surface area contributed by atoms with E-state index in [0.29, 0.717) is 29.9 Å². The summed E-state index contributed by atoms with van der Waals surface area (Å²) in [4.78, 5) is 30.5. The number of nitrogens with zero attached hydrogens (tertiary/aromatic N) is 3. The number of rotatable bonds is 6. The molecule has 0 radical (unpaired) electrons. The highest BCUT2D eigenvalue weighted by molar-refractivity contribution is 5.97. The lowest BCUT2D eigenvalue weighted by molar-refractivity contribution is -0.116. The SMILES string of the molecule is CCN(CC)C(=O)c1cccc(NC(=O)Cn2cnc3cc(F)c(F)cc32)c1. The lowest BCUT2D eigenvalue weighted by Gasteiger charge is -2.19. The van der Waals surface area contributed by atoms with Gasteiger partial charge >= 0.3 is 0 Å². The number of halogens is 2. The zero-order chi connectivity index (χ0) is 20.3. The molecule has 0 aliphatic rings. The van der Waals surface area contributed by atoms with Crippen molar-refractivity contribution >= 4 is 28.5 Å². The van der Waals surface area contributed by atoms with Crippen molar-refractivity contribution in [2.75, 3.05) is 18.4 Å². The first-order valence-corrected chi connectivity index (χ1v) is 8.92. The number of imidazole rings is 1. The summed E-state index contributed by atoms with van der Waals surface area (Å²) in [6, 6.07) is 8.67. The number of carbonyl (C=O) groups is 2. The Balaban J connectivity index is 1.74. The molecule has 0 aliphatic heterocycles. The van der Waals surface area contributed by atoms with E-state index in [0.717, 1.165) is 12.1 Å². The molecule has 1 heterocycles. The van der Waals surface area contributed by atoms with Crippen molar-refractivity contribution in [1.29, 1.82) is 0 Å². The van der Waals surface area contributed by atoms with Crippen molar-refractivity contribution in [2.45, 2.75) is 20.4 Å². The molecule has 3 aromatic rings. The monoisotopic (exact) mass is 386 g/mol. The molecule has 6 nitrogen and oxygen atoms in total. The Bertz CT molecular complexity index is 1030. The Morgan fingerprint density at radius 3 is 2.54 bits per heavy atom. The molecule has 3 rings (SSSR count). The van der Waals surface area contributed by atoms with Crippen LogP contribution in [0.25, 0.3) is 11.0 Å². The van der Waals surface area contributed by atoms with Crippen LogP contribution in [-0.4, -0.2) is 39.4 Å². The average molecular weight is 386 g/mol. The van der Waals surface area contributed by atoms with Crippen molar-refractivity contribution in [3.63, 3.8) is 0 Å². The average Bonchev–Trinajstić information content (AvgIpc) is 3.04. The van der Waals surface area contributed by atoms with Crippen LogP contribution in [-0.2, 0) is 11.3 Å². The second-order valence-corrected chi connectivity index (χ2v) is 6.23. The van der Waals surface area contributed by atoms with Crippen LogP contribution in [0.2, 0.25) is 0 Å². The minimum absolute atomic E-state index is 0.112. The zero-order valence-electron chi connectivity index (χ0n) is 15.6. The van der Waals surface area contributed by atoms with E-state index in [4.69, 9.17) is 0 Å². The molecule has 0 saturated heterocycles. The topological polar surface area (TPSA) is 67.2 Å². The maximum atomic E-state index is 13.5. The van der Waals surface area contributed by atoms with Crippen molar-refractivity contribution in [1.82, 2.24) is 14.5 Å². The molecule has 0 unspecified atom stereocenters. The summed E-state index contributed by atoms with van der Waals surface area (Å²) in [7, 11) is 0. The lowest BCUT2D eigenvalue weighted by Crippen LogP contribution is -2.30. The van der Waals surface area contributed by atoms with Crippen LogP contribution in [0.4, 0.5) is 14.5 Å². The summed E-state index contributed by atoms with van der Waals surface area (Å²) < 4.78 is 28.2. The van der Waals surface area contributed by atoms with E-state index in [1.54, 1.807) is 29.2 Å². The Hall–Kier alpha value is -3.29. The maximum absolute atomic E-state index is 13.5. The summed E-state index contributed by atoms with van der Waals surface area (Å²) in [5.74, 6) is -2.48. The first kappa shape index (κ1) is 19.5. The number of aromatic nitrogens is 2. The van der Waals surface area contributed by atoms with Gasteiger partial charge in [-0.05, 0) is 32.0 Å². The largest absolute Gasteiger partial charge is 0.339 e. The number of hydrogen-bond acceptors (Lipinski definition) is 3. The van der Waals surface area contributed by atoms with Gasteiger partial charge in [0.25, 0.3) is 5.91 Å². The molecule has 0 bridgehead atoms. The van der Waals surface area contributed by atoms with Crippen LogP contribution in [0.5, 0.6) is 0 Å². The van der Waals surface area contributed by atoms with Gasteiger partial charge in [-0.3, -0.25) is 9.59 Å². The minimum Gasteiger partial charge on any atom is -0.339 e. The van der Waals surface area contributed by atoms with Gasteiger partial charge in [0.15, 0.2) is 11.6 Å². The molecule has 0 spiro atoms. The zero-order valence-corrected chi connectivity index (χ0v) is 15.6. The number of anilines is 1. The number of amides is 2. The van der Waals surface area contributed by atoms with E-state index < -0.39 is 11.6 Å². The molecular weight excluding hydrogens is 366 g/mol. The smallest absolute Gasteiger partial charge is 0.253 e. The van der Waals surface area contributed by atoms with Gasteiger partial charge < -0.3 is 14.8 Å². The molecule has 0 atom stereocenters. The summed E-state index contributed by atoms with van der Waals surface area (Å²) >= 11 is 0. The number of nitrogens with one attached hydrogen (secondary N) is 1. The summed E-state index contributed by atoms with van der Waals surface area (Å²) in [6.45, 7) is 4.86. The Morgan fingerprint density at radius 2 is 1.82 bits per heavy atom. The van der Waals surface area contributed by atoms with Crippen LogP contribution < -0.4 is 5.32 Å². The first-order valence-electron chi connectivity index (χ1n) is 8.92. The Kier molecular flexibility index (Phi) is 5.67. The van der Waals surface area contributed by atoms with Gasteiger partial charge in [-0.25, -0.2) is 13.8 Å². The number of benzene rings is 2. The molecule has 0 aliphatic carbocycles. The third-order valence-electron chi connectivity index (χ3n) is 4.42. The number of fused-ring (bicyclic) bond motifs is 1. The van der Waals surface area contributed by atoms with E-state index >= 15 is 0 Å². The fourth-order valence-electron chi connectivity index (χ4n) is 2.96. The van der Waals surface area contributed by atoms with Gasteiger partial charge in [0.1, 0.15) is 6.54 Å². The Labute approximate surface area is 160 Å². The van der Waals surface area contributed by atoms with Crippen molar-refractivity contribution in [3.05, 3.63) is 59.9 Å². The van der Waals surface area contributed by atoms with Crippen LogP contribution in [0.15, 0.2) is 42.7 Å². The van der Waals surface area contributed by atoms with Crippen LogP contribution in [0, 0.1) is 11.6 Å². The third-order valence-corrected chi connectivity index (χ3v) is 4.42. The summed E-state index contributed by atoms with van der Waals surface area (Å²) in [5.41, 5.74) is 1.54. The van der Waals surface area contributed by atoms with Gasteiger partial charge in [0, 0.05) is 36.5 Å². The second-order valence-electron chi connectivity index (χ2n) is 6.23. The van der Waals surface area contributed by atoms with Crippen LogP contribution in [0.3, 0.4) is 0 Å². The van der Waals surface area contributed by atoms with Gasteiger partial charge in [-0.15, -0.1) is 0 Å². The lowest BCUT2D eigenvalue weighted by atomic mass is 10.1. The fraction of sp³-hybridized carbons (Fsp3) is 0.250. The quantitative estimate of drug-likeness (QED) is 0.706. The highest BCUT2D eigenvalue weighted by atomic mass is 19.2. The first-order chi connectivity index (χ1) is 13.4. The number of carbonyl (C=O) groups excluding carboxylic acids is 2. The Morgan fingerprint density at radius 1 is 1.11 bits per heavy atom. The van der Waals surface area contributed by atoms with Gasteiger partial charge in [-0.2, -0.15) is 0 Å². The standard InChI is InChI=1S/C20H20F2N4O2/c1-3-25(4-2)20(28)13-6-5-7-14(8-13)24-19(27)11-26-12-23-17-9-15(21)16(22)10-18(17)26/h5-10,12H,3-4,11H2,1-2H3,(H,24,27). The van der Waals surface area contributed by atoms with E-state index in [1.165, 1.54) is 10.9 Å². The molecule has 2 aromatic carbocycles. The third kappa shape index (κ3) is 4.00. The van der Waals surface area contributed by atoms with Gasteiger partial charge in [-0.1, -0.05) is 6.07 Å². The molecule has 1 N–H and O–H groups in total. The van der Waals surface area contributed by atoms with Gasteiger partial charge in [0.2, 0.25) is 5.91 Å². The van der Waals surface area contributed by atoms with E-state index in [-0.39, 0.29) is 23.9 Å². The fourth-order valence-corrected chi connectivity index (χ4v) is 2.96. The van der Waals surface area contributed by atoms with Crippen molar-refractivity contribution in [2.24, 2.45) is 0 Å². The molecular formula is C20H20F2N4O2. The molecule has 1 aromatic heterocycles. The van der Waals surface area contributed by atoms with Crippen LogP contribution >= 0.6 is 0 Å². The maximum Gasteiger partial charge on any atom is 0.253 e. The highest BCUT2D eigenvalue weighted by Crippen LogP contribution is 2.18. The van der Waals surface area contributed by atoms with E-state index in [2.05, 4.69) is 10.3 Å². The predicted octanol–water partition coefficient (Wildman–Crippen LogP) is 3.44. The molecule has 8 heteroatoms. The molecule has 0 saturated carbocycles. The second kappa shape index (κ2) is 8.16. The van der Waals surface area contributed by atoms with E-state index in [1.807, 2.05) is 13.8 Å². The normalized spacial score (nSPS) is 10.9. The predicted molar refractivity (Wildman–Crippen MR) is 102 cm³/mol. The van der Waals surface area contributed by atoms with Crippen LogP contribution in [0.1, 0.15) is 24.2 Å². The highest BCUT2D eigenvalue weighted by Gasteiger charge is 2.14. The van der Waals surface area contributed by atoms with E-state index in [9.17, 15) is 18.4 Å². The summed E-state index contributed by atoms with van der Waals surface area (Å²) in [6.07, 6.45) is 1.35. The molecule has 2 amide bonds. The van der Waals surface area contributed by atoms with Crippen molar-refractivity contribution < 1.29 is 18.4 Å². The van der Waals surface area contributed by atoms with Crippen molar-refractivity contribution in [3.8, 4) is 0 Å².